The number of ether oxygens (including phenoxy) is 1. The summed E-state index contributed by atoms with van der Waals surface area (Å²) < 4.78 is 5.48. The molecule has 1 saturated heterocycles. The van der Waals surface area contributed by atoms with Crippen LogP contribution in [0.15, 0.2) is 18.2 Å². The van der Waals surface area contributed by atoms with E-state index in [-0.39, 0.29) is 30.4 Å². The molecule has 1 aromatic rings. The summed E-state index contributed by atoms with van der Waals surface area (Å²) in [6.45, 7) is 10.3. The van der Waals surface area contributed by atoms with Crippen LogP contribution in [0, 0.1) is 5.92 Å². The van der Waals surface area contributed by atoms with E-state index < -0.39 is 5.60 Å². The first-order chi connectivity index (χ1) is 16.6. The molecule has 9 nitrogen and oxygen atoms in total. The smallest absolute Gasteiger partial charge is 0.410 e. The molecular formula is C26H38N4O5. The minimum atomic E-state index is -0.479. The number of hydrogen-bond donors (Lipinski definition) is 2. The molecule has 4 amide bonds. The highest BCUT2D eigenvalue weighted by Crippen LogP contribution is 2.32. The molecule has 2 heterocycles. The number of piperidine rings is 1. The minimum absolute atomic E-state index is 0.0264. The van der Waals surface area contributed by atoms with E-state index in [1.165, 1.54) is 0 Å². The number of fused-ring (bicyclic) bond motifs is 1. The highest BCUT2D eigenvalue weighted by Gasteiger charge is 2.32. The molecule has 0 bridgehead atoms. The Balaban J connectivity index is 1.47. The maximum atomic E-state index is 13.0. The van der Waals surface area contributed by atoms with Crippen LogP contribution in [0.2, 0.25) is 0 Å². The van der Waals surface area contributed by atoms with E-state index in [0.29, 0.717) is 43.9 Å². The zero-order valence-electron chi connectivity index (χ0n) is 21.3. The first-order valence-electron chi connectivity index (χ1n) is 12.5. The summed E-state index contributed by atoms with van der Waals surface area (Å²) in [5.74, 6) is 0.172. The van der Waals surface area contributed by atoms with Crippen LogP contribution in [0.4, 0.5) is 10.5 Å². The molecule has 1 atom stereocenters. The lowest BCUT2D eigenvalue weighted by Crippen LogP contribution is -2.41. The summed E-state index contributed by atoms with van der Waals surface area (Å²) in [5.41, 5.74) is 2.18. The van der Waals surface area contributed by atoms with Crippen LogP contribution in [0.5, 0.6) is 0 Å². The van der Waals surface area contributed by atoms with Gasteiger partial charge in [0.1, 0.15) is 5.60 Å². The van der Waals surface area contributed by atoms with Gasteiger partial charge in [-0.3, -0.25) is 19.7 Å². The van der Waals surface area contributed by atoms with Crippen molar-refractivity contribution in [2.75, 3.05) is 25.0 Å². The molecular weight excluding hydrogens is 448 g/mol. The van der Waals surface area contributed by atoms with Crippen molar-refractivity contribution >= 4 is 30.0 Å². The number of carbonyl (C=O) groups is 4. The molecule has 3 rings (SSSR count). The van der Waals surface area contributed by atoms with Crippen LogP contribution < -0.4 is 10.6 Å². The number of imide groups is 1. The molecule has 0 spiro atoms. The Morgan fingerprint density at radius 1 is 1.23 bits per heavy atom. The second kappa shape index (κ2) is 11.6. The quantitative estimate of drug-likeness (QED) is 0.517. The maximum absolute atomic E-state index is 13.0. The Morgan fingerprint density at radius 2 is 1.94 bits per heavy atom. The van der Waals surface area contributed by atoms with E-state index >= 15 is 0 Å². The number of amides is 4. The lowest BCUT2D eigenvalue weighted by molar-refractivity contribution is -0.125. The molecule has 2 N–H and O–H groups in total. The zero-order valence-corrected chi connectivity index (χ0v) is 21.3. The number of benzene rings is 1. The number of nitrogens with one attached hydrogen (secondary N) is 2. The van der Waals surface area contributed by atoms with Crippen molar-refractivity contribution in [2.24, 2.45) is 5.92 Å². The Morgan fingerprint density at radius 3 is 2.60 bits per heavy atom. The average Bonchev–Trinajstić information content (AvgIpc) is 3.14. The standard InChI is InChI=1S/C26H38N4O5/c1-18(8-9-23(32)28-17-31)30-16-21-20(24(30)33)6-5-7-22(21)27-13-10-19-11-14-29(15-12-19)25(34)35-26(2,3)4/h5-7,17-19,27H,8-16H2,1-4H3,(H,28,31,32). The van der Waals surface area contributed by atoms with Crippen molar-refractivity contribution in [3.8, 4) is 0 Å². The van der Waals surface area contributed by atoms with E-state index in [0.717, 1.165) is 37.1 Å². The highest BCUT2D eigenvalue weighted by molar-refractivity contribution is 6.00. The Kier molecular flexibility index (Phi) is 8.75. The van der Waals surface area contributed by atoms with Gasteiger partial charge in [0, 0.05) is 55.5 Å². The molecule has 0 radical (unpaired) electrons. The lowest BCUT2D eigenvalue weighted by Gasteiger charge is -2.33. The van der Waals surface area contributed by atoms with E-state index in [9.17, 15) is 19.2 Å². The Hall–Kier alpha value is -3.10. The monoisotopic (exact) mass is 486 g/mol. The molecule has 9 heteroatoms. The fourth-order valence-electron chi connectivity index (χ4n) is 4.65. The summed E-state index contributed by atoms with van der Waals surface area (Å²) in [7, 11) is 0. The molecule has 1 unspecified atom stereocenters. The normalized spacial score (nSPS) is 17.1. The van der Waals surface area contributed by atoms with Crippen molar-refractivity contribution in [2.45, 2.75) is 78.0 Å². The van der Waals surface area contributed by atoms with Gasteiger partial charge in [-0.15, -0.1) is 0 Å². The number of nitrogens with zero attached hydrogens (tertiary/aromatic N) is 2. The summed E-state index contributed by atoms with van der Waals surface area (Å²) in [6, 6.07) is 5.63. The molecule has 2 aliphatic rings. The molecule has 0 aromatic heterocycles. The van der Waals surface area contributed by atoms with Crippen molar-refractivity contribution in [3.63, 3.8) is 0 Å². The number of hydrogen-bond acceptors (Lipinski definition) is 6. The van der Waals surface area contributed by atoms with Gasteiger partial charge in [-0.1, -0.05) is 6.07 Å². The summed E-state index contributed by atoms with van der Waals surface area (Å²) in [5, 5.41) is 5.65. The summed E-state index contributed by atoms with van der Waals surface area (Å²) in [4.78, 5) is 50.8. The fourth-order valence-corrected chi connectivity index (χ4v) is 4.65. The number of carbonyl (C=O) groups excluding carboxylic acids is 4. The van der Waals surface area contributed by atoms with Crippen molar-refractivity contribution < 1.29 is 23.9 Å². The molecule has 1 aromatic carbocycles. The van der Waals surface area contributed by atoms with Crippen molar-refractivity contribution in [1.29, 1.82) is 0 Å². The van der Waals surface area contributed by atoms with Gasteiger partial charge in [-0.05, 0) is 71.4 Å². The predicted octanol–water partition coefficient (Wildman–Crippen LogP) is 3.53. The van der Waals surface area contributed by atoms with Gasteiger partial charge in [-0.2, -0.15) is 0 Å². The highest BCUT2D eigenvalue weighted by atomic mass is 16.6. The summed E-state index contributed by atoms with van der Waals surface area (Å²) in [6.07, 6.45) is 3.73. The van der Waals surface area contributed by atoms with Crippen LogP contribution in [-0.2, 0) is 20.9 Å². The topological polar surface area (TPSA) is 108 Å². The van der Waals surface area contributed by atoms with Gasteiger partial charge in [0.15, 0.2) is 0 Å². The van der Waals surface area contributed by atoms with E-state index in [2.05, 4.69) is 10.6 Å². The molecule has 1 fully saturated rings. The molecule has 35 heavy (non-hydrogen) atoms. The first kappa shape index (κ1) is 26.5. The van der Waals surface area contributed by atoms with Gasteiger partial charge >= 0.3 is 6.09 Å². The largest absolute Gasteiger partial charge is 0.444 e. The van der Waals surface area contributed by atoms with Crippen LogP contribution in [-0.4, -0.2) is 65.4 Å². The third-order valence-electron chi connectivity index (χ3n) is 6.67. The van der Waals surface area contributed by atoms with Crippen LogP contribution in [0.25, 0.3) is 0 Å². The van der Waals surface area contributed by atoms with Crippen LogP contribution >= 0.6 is 0 Å². The predicted molar refractivity (Wildman–Crippen MR) is 133 cm³/mol. The Labute approximate surface area is 207 Å². The Bertz CT molecular complexity index is 934. The maximum Gasteiger partial charge on any atom is 0.410 e. The van der Waals surface area contributed by atoms with Crippen molar-refractivity contribution in [3.05, 3.63) is 29.3 Å². The molecule has 0 aliphatic carbocycles. The fraction of sp³-hybridized carbons (Fsp3) is 0.615. The van der Waals surface area contributed by atoms with Gasteiger partial charge in [0.2, 0.25) is 12.3 Å². The van der Waals surface area contributed by atoms with Crippen LogP contribution in [0.1, 0.15) is 75.7 Å². The molecule has 192 valence electrons. The third-order valence-corrected chi connectivity index (χ3v) is 6.67. The average molecular weight is 487 g/mol. The summed E-state index contributed by atoms with van der Waals surface area (Å²) >= 11 is 0. The molecule has 2 aliphatic heterocycles. The minimum Gasteiger partial charge on any atom is -0.444 e. The van der Waals surface area contributed by atoms with E-state index in [1.54, 1.807) is 9.80 Å². The number of rotatable bonds is 9. The first-order valence-corrected chi connectivity index (χ1v) is 12.5. The van der Waals surface area contributed by atoms with E-state index in [1.807, 2.05) is 45.9 Å². The van der Waals surface area contributed by atoms with Gasteiger partial charge in [-0.25, -0.2) is 4.79 Å². The van der Waals surface area contributed by atoms with Crippen molar-refractivity contribution in [1.82, 2.24) is 15.1 Å². The lowest BCUT2D eigenvalue weighted by atomic mass is 9.93. The van der Waals surface area contributed by atoms with Gasteiger partial charge in [0.25, 0.3) is 5.91 Å². The van der Waals surface area contributed by atoms with Gasteiger partial charge in [0.05, 0.1) is 0 Å². The number of likely N-dealkylation sites (tertiary alicyclic amines) is 1. The second-order valence-corrected chi connectivity index (χ2v) is 10.5. The zero-order chi connectivity index (χ0) is 25.6. The van der Waals surface area contributed by atoms with Gasteiger partial charge < -0.3 is 19.9 Å². The van der Waals surface area contributed by atoms with Crippen LogP contribution in [0.3, 0.4) is 0 Å². The second-order valence-electron chi connectivity index (χ2n) is 10.5. The number of anilines is 1. The van der Waals surface area contributed by atoms with E-state index in [4.69, 9.17) is 4.74 Å². The third kappa shape index (κ3) is 7.19. The molecule has 0 saturated carbocycles. The SMILES string of the molecule is CC(CCC(=O)NC=O)N1Cc2c(NCCC3CCN(C(=O)OC(C)(C)C)CC3)cccc2C1=O.